The standard InChI is InChI=1S/C22H19N3O/c26-22-24-21(23-16-17-10-4-1-5-11-17)20(18-12-6-2-7-13-18)25(22)19-14-8-3-9-15-19/h1-15,23H,16H2,(H,24,26). The second-order valence-corrected chi connectivity index (χ2v) is 6.03. The van der Waals surface area contributed by atoms with Gasteiger partial charge in [-0.15, -0.1) is 0 Å². The minimum Gasteiger partial charge on any atom is -0.366 e. The van der Waals surface area contributed by atoms with Gasteiger partial charge in [-0.25, -0.2) is 4.79 Å². The number of para-hydroxylation sites is 1. The first-order valence-corrected chi connectivity index (χ1v) is 8.56. The van der Waals surface area contributed by atoms with Crippen molar-refractivity contribution < 1.29 is 0 Å². The van der Waals surface area contributed by atoms with E-state index in [1.54, 1.807) is 4.57 Å². The molecule has 0 saturated carbocycles. The van der Waals surface area contributed by atoms with Gasteiger partial charge in [0.1, 0.15) is 5.82 Å². The molecule has 0 bridgehead atoms. The van der Waals surface area contributed by atoms with Crippen LogP contribution in [0, 0.1) is 0 Å². The van der Waals surface area contributed by atoms with Gasteiger partial charge in [-0.2, -0.15) is 0 Å². The molecule has 4 nitrogen and oxygen atoms in total. The molecule has 0 unspecified atom stereocenters. The van der Waals surface area contributed by atoms with Crippen molar-refractivity contribution in [2.45, 2.75) is 6.54 Å². The van der Waals surface area contributed by atoms with E-state index in [0.29, 0.717) is 12.4 Å². The highest BCUT2D eigenvalue weighted by Crippen LogP contribution is 2.28. The van der Waals surface area contributed by atoms with Crippen molar-refractivity contribution >= 4 is 5.82 Å². The summed E-state index contributed by atoms with van der Waals surface area (Å²) in [6, 6.07) is 29.7. The number of nitrogens with one attached hydrogen (secondary N) is 2. The lowest BCUT2D eigenvalue weighted by atomic mass is 10.1. The van der Waals surface area contributed by atoms with Gasteiger partial charge in [0.2, 0.25) is 0 Å². The zero-order valence-corrected chi connectivity index (χ0v) is 14.2. The number of hydrogen-bond acceptors (Lipinski definition) is 2. The first kappa shape index (κ1) is 16.0. The second-order valence-electron chi connectivity index (χ2n) is 6.03. The summed E-state index contributed by atoms with van der Waals surface area (Å²) in [5.74, 6) is 0.717. The minimum atomic E-state index is -0.161. The van der Waals surface area contributed by atoms with E-state index >= 15 is 0 Å². The maximum Gasteiger partial charge on any atom is 0.332 e. The van der Waals surface area contributed by atoms with Crippen LogP contribution in [0.3, 0.4) is 0 Å². The van der Waals surface area contributed by atoms with E-state index in [9.17, 15) is 4.79 Å². The van der Waals surface area contributed by atoms with E-state index in [1.165, 1.54) is 0 Å². The van der Waals surface area contributed by atoms with Crippen LogP contribution in [-0.2, 0) is 6.54 Å². The Morgan fingerprint density at radius 3 is 2.00 bits per heavy atom. The zero-order valence-electron chi connectivity index (χ0n) is 14.2. The van der Waals surface area contributed by atoms with Crippen molar-refractivity contribution in [2.24, 2.45) is 0 Å². The molecule has 0 spiro atoms. The highest BCUT2D eigenvalue weighted by atomic mass is 16.1. The number of imidazole rings is 1. The molecule has 4 rings (SSSR count). The lowest BCUT2D eigenvalue weighted by molar-refractivity contribution is 0.993. The minimum absolute atomic E-state index is 0.161. The first-order chi connectivity index (χ1) is 12.8. The topological polar surface area (TPSA) is 49.8 Å². The van der Waals surface area contributed by atoms with Gasteiger partial charge in [-0.1, -0.05) is 78.9 Å². The largest absolute Gasteiger partial charge is 0.366 e. The number of anilines is 1. The molecule has 0 saturated heterocycles. The van der Waals surface area contributed by atoms with E-state index < -0.39 is 0 Å². The number of benzene rings is 3. The van der Waals surface area contributed by atoms with Gasteiger partial charge in [0.25, 0.3) is 0 Å². The Labute approximate surface area is 151 Å². The van der Waals surface area contributed by atoms with Crippen LogP contribution < -0.4 is 11.0 Å². The summed E-state index contributed by atoms with van der Waals surface area (Å²) < 4.78 is 1.71. The Bertz CT molecular complexity index is 1040. The maximum absolute atomic E-state index is 12.7. The number of nitrogens with zero attached hydrogens (tertiary/aromatic N) is 1. The summed E-state index contributed by atoms with van der Waals surface area (Å²) in [7, 11) is 0. The lowest BCUT2D eigenvalue weighted by Gasteiger charge is -2.11. The molecule has 128 valence electrons. The Morgan fingerprint density at radius 1 is 0.769 bits per heavy atom. The summed E-state index contributed by atoms with van der Waals surface area (Å²) in [4.78, 5) is 15.7. The van der Waals surface area contributed by atoms with Crippen LogP contribution in [0.25, 0.3) is 16.9 Å². The maximum atomic E-state index is 12.7. The molecule has 1 aromatic heterocycles. The van der Waals surface area contributed by atoms with E-state index in [2.05, 4.69) is 22.4 Å². The normalized spacial score (nSPS) is 10.6. The molecule has 1 heterocycles. The summed E-state index contributed by atoms with van der Waals surface area (Å²) in [6.07, 6.45) is 0. The fourth-order valence-electron chi connectivity index (χ4n) is 3.04. The quantitative estimate of drug-likeness (QED) is 0.564. The fraction of sp³-hybridized carbons (Fsp3) is 0.0455. The monoisotopic (exact) mass is 341 g/mol. The summed E-state index contributed by atoms with van der Waals surface area (Å²) in [5, 5.41) is 3.38. The molecule has 4 heteroatoms. The van der Waals surface area contributed by atoms with Crippen molar-refractivity contribution in [3.05, 3.63) is 107 Å². The van der Waals surface area contributed by atoms with Crippen molar-refractivity contribution in [1.29, 1.82) is 0 Å². The summed E-state index contributed by atoms with van der Waals surface area (Å²) in [5.41, 5.74) is 3.63. The first-order valence-electron chi connectivity index (χ1n) is 8.56. The molecule has 0 aliphatic rings. The van der Waals surface area contributed by atoms with Crippen molar-refractivity contribution in [2.75, 3.05) is 5.32 Å². The number of rotatable bonds is 5. The SMILES string of the molecule is O=c1[nH]c(NCc2ccccc2)c(-c2ccccc2)n1-c1ccccc1. The Morgan fingerprint density at radius 2 is 1.35 bits per heavy atom. The third-order valence-corrected chi connectivity index (χ3v) is 4.27. The van der Waals surface area contributed by atoms with Crippen LogP contribution in [0.2, 0.25) is 0 Å². The van der Waals surface area contributed by atoms with E-state index in [1.807, 2.05) is 78.9 Å². The summed E-state index contributed by atoms with van der Waals surface area (Å²) >= 11 is 0. The van der Waals surface area contributed by atoms with Gasteiger partial charge < -0.3 is 5.32 Å². The second kappa shape index (κ2) is 7.15. The smallest absolute Gasteiger partial charge is 0.332 e. The molecule has 2 N–H and O–H groups in total. The molecule has 0 aliphatic heterocycles. The van der Waals surface area contributed by atoms with Crippen LogP contribution in [0.5, 0.6) is 0 Å². The average Bonchev–Trinajstić information content (AvgIpc) is 3.04. The van der Waals surface area contributed by atoms with Gasteiger partial charge in [-0.05, 0) is 17.7 Å². The van der Waals surface area contributed by atoms with Gasteiger partial charge in [-0.3, -0.25) is 9.55 Å². The van der Waals surface area contributed by atoms with Crippen LogP contribution in [0.15, 0.2) is 95.8 Å². The molecule has 26 heavy (non-hydrogen) atoms. The van der Waals surface area contributed by atoms with Gasteiger partial charge in [0, 0.05) is 12.1 Å². The van der Waals surface area contributed by atoms with Gasteiger partial charge in [0.15, 0.2) is 0 Å². The van der Waals surface area contributed by atoms with Gasteiger partial charge >= 0.3 is 5.69 Å². The van der Waals surface area contributed by atoms with Crippen molar-refractivity contribution in [3.8, 4) is 16.9 Å². The van der Waals surface area contributed by atoms with Crippen LogP contribution >= 0.6 is 0 Å². The van der Waals surface area contributed by atoms with E-state index in [0.717, 1.165) is 22.5 Å². The van der Waals surface area contributed by atoms with Crippen LogP contribution in [0.4, 0.5) is 5.82 Å². The molecule has 0 radical (unpaired) electrons. The van der Waals surface area contributed by atoms with E-state index in [4.69, 9.17) is 0 Å². The molecule has 0 fully saturated rings. The predicted molar refractivity (Wildman–Crippen MR) is 106 cm³/mol. The van der Waals surface area contributed by atoms with Crippen molar-refractivity contribution in [3.63, 3.8) is 0 Å². The van der Waals surface area contributed by atoms with Crippen molar-refractivity contribution in [1.82, 2.24) is 9.55 Å². The van der Waals surface area contributed by atoms with E-state index in [-0.39, 0.29) is 5.69 Å². The number of aromatic amines is 1. The third kappa shape index (κ3) is 3.17. The Kier molecular flexibility index (Phi) is 4.39. The number of hydrogen-bond donors (Lipinski definition) is 2. The molecule has 3 aromatic carbocycles. The number of aromatic nitrogens is 2. The lowest BCUT2D eigenvalue weighted by Crippen LogP contribution is -2.15. The van der Waals surface area contributed by atoms with Crippen LogP contribution in [0.1, 0.15) is 5.56 Å². The van der Waals surface area contributed by atoms with Gasteiger partial charge in [0.05, 0.1) is 11.4 Å². The molecule has 0 atom stereocenters. The fourth-order valence-corrected chi connectivity index (χ4v) is 3.04. The average molecular weight is 341 g/mol. The highest BCUT2D eigenvalue weighted by molar-refractivity contribution is 5.74. The summed E-state index contributed by atoms with van der Waals surface area (Å²) in [6.45, 7) is 0.634. The molecule has 4 aromatic rings. The molecule has 0 amide bonds. The van der Waals surface area contributed by atoms with Crippen LogP contribution in [-0.4, -0.2) is 9.55 Å². The highest BCUT2D eigenvalue weighted by Gasteiger charge is 2.17. The molecular weight excluding hydrogens is 322 g/mol. The predicted octanol–water partition coefficient (Wildman–Crippen LogP) is 4.44. The molecular formula is C22H19N3O. The molecule has 0 aliphatic carbocycles. The Hall–Kier alpha value is -3.53. The number of H-pyrrole nitrogens is 1. The Balaban J connectivity index is 1.80. The third-order valence-electron chi connectivity index (χ3n) is 4.27. The zero-order chi connectivity index (χ0) is 17.8.